The van der Waals surface area contributed by atoms with Crippen LogP contribution in [0.3, 0.4) is 0 Å². The van der Waals surface area contributed by atoms with E-state index < -0.39 is 0 Å². The fourth-order valence-electron chi connectivity index (χ4n) is 2.88. The summed E-state index contributed by atoms with van der Waals surface area (Å²) < 4.78 is 5.37. The fraction of sp³-hybridized carbons (Fsp3) is 0.273. The van der Waals surface area contributed by atoms with Crippen LogP contribution in [-0.4, -0.2) is 33.2 Å². The number of aromatic nitrogens is 2. The Labute approximate surface area is 169 Å². The van der Waals surface area contributed by atoms with Gasteiger partial charge in [-0.15, -0.1) is 0 Å². The molecule has 2 heterocycles. The Balaban J connectivity index is 1.64. The quantitative estimate of drug-likeness (QED) is 0.635. The largest absolute Gasteiger partial charge is 0.467 e. The van der Waals surface area contributed by atoms with Gasteiger partial charge >= 0.3 is 0 Å². The van der Waals surface area contributed by atoms with Crippen LogP contribution in [0.25, 0.3) is 0 Å². The molecular formula is C22H24N4O3. The smallest absolute Gasteiger partial charge is 0.274 e. The van der Waals surface area contributed by atoms with E-state index in [2.05, 4.69) is 15.3 Å². The monoisotopic (exact) mass is 392 g/mol. The minimum absolute atomic E-state index is 0.110. The minimum Gasteiger partial charge on any atom is -0.467 e. The zero-order valence-corrected chi connectivity index (χ0v) is 16.5. The van der Waals surface area contributed by atoms with Crippen LogP contribution in [0.4, 0.5) is 0 Å². The Bertz CT molecular complexity index is 924. The zero-order valence-electron chi connectivity index (χ0n) is 16.5. The van der Waals surface area contributed by atoms with Crippen molar-refractivity contribution in [2.24, 2.45) is 0 Å². The lowest BCUT2D eigenvalue weighted by molar-refractivity contribution is -0.122. The first-order valence-corrected chi connectivity index (χ1v) is 9.47. The van der Waals surface area contributed by atoms with E-state index in [-0.39, 0.29) is 43.1 Å². The molecule has 1 atom stereocenters. The molecule has 3 aromatic rings. The normalized spacial score (nSPS) is 11.7. The summed E-state index contributed by atoms with van der Waals surface area (Å²) in [5.41, 5.74) is 1.99. The maximum Gasteiger partial charge on any atom is 0.274 e. The predicted molar refractivity (Wildman–Crippen MR) is 108 cm³/mol. The van der Waals surface area contributed by atoms with E-state index in [1.165, 1.54) is 6.20 Å². The van der Waals surface area contributed by atoms with Crippen LogP contribution in [0.15, 0.2) is 65.5 Å². The molecule has 0 saturated carbocycles. The van der Waals surface area contributed by atoms with Crippen LogP contribution >= 0.6 is 0 Å². The Kier molecular flexibility index (Phi) is 6.73. The average Bonchev–Trinajstić information content (AvgIpc) is 3.25. The number of aryl methyl sites for hydroxylation is 1. The Morgan fingerprint density at radius 2 is 1.90 bits per heavy atom. The molecule has 0 spiro atoms. The van der Waals surface area contributed by atoms with Gasteiger partial charge in [0.25, 0.3) is 5.91 Å². The van der Waals surface area contributed by atoms with Crippen LogP contribution in [0.5, 0.6) is 0 Å². The Morgan fingerprint density at radius 1 is 1.10 bits per heavy atom. The number of rotatable bonds is 8. The van der Waals surface area contributed by atoms with E-state index in [1.807, 2.05) is 37.3 Å². The van der Waals surface area contributed by atoms with Crippen molar-refractivity contribution < 1.29 is 14.0 Å². The van der Waals surface area contributed by atoms with Gasteiger partial charge in [0, 0.05) is 19.2 Å². The number of hydrogen-bond donors (Lipinski definition) is 1. The van der Waals surface area contributed by atoms with Crippen LogP contribution < -0.4 is 5.32 Å². The number of carbonyl (C=O) groups excluding carboxylic acids is 2. The van der Waals surface area contributed by atoms with Crippen molar-refractivity contribution in [1.29, 1.82) is 0 Å². The molecule has 0 bridgehead atoms. The van der Waals surface area contributed by atoms with E-state index in [4.69, 9.17) is 4.42 Å². The molecule has 2 aromatic heterocycles. The highest BCUT2D eigenvalue weighted by Crippen LogP contribution is 2.13. The van der Waals surface area contributed by atoms with Crippen LogP contribution in [0.1, 0.15) is 46.9 Å². The van der Waals surface area contributed by atoms with Gasteiger partial charge in [0.15, 0.2) is 0 Å². The molecule has 0 aliphatic rings. The summed E-state index contributed by atoms with van der Waals surface area (Å²) in [6.45, 7) is 4.23. The molecule has 0 unspecified atom stereocenters. The molecule has 3 rings (SSSR count). The van der Waals surface area contributed by atoms with Crippen molar-refractivity contribution in [2.45, 2.75) is 32.9 Å². The van der Waals surface area contributed by atoms with E-state index >= 15 is 0 Å². The lowest BCUT2D eigenvalue weighted by atomic mass is 10.1. The standard InChI is InChI=1S/C22H24N4O3/c1-16-13-24-20(14-23-16)22(28)26(15-19-9-6-12-29-19)11-10-21(27)25-17(2)18-7-4-3-5-8-18/h3-9,12-14,17H,10-11,15H2,1-2H3,(H,25,27)/t17-/m0/s1. The van der Waals surface area contributed by atoms with Crippen LogP contribution in [-0.2, 0) is 11.3 Å². The lowest BCUT2D eigenvalue weighted by Gasteiger charge is -2.22. The van der Waals surface area contributed by atoms with Crippen LogP contribution in [0, 0.1) is 6.92 Å². The molecule has 7 nitrogen and oxygen atoms in total. The summed E-state index contributed by atoms with van der Waals surface area (Å²) in [5, 5.41) is 2.97. The summed E-state index contributed by atoms with van der Waals surface area (Å²) in [7, 11) is 0. The van der Waals surface area contributed by atoms with Gasteiger partial charge in [-0.2, -0.15) is 0 Å². The van der Waals surface area contributed by atoms with Crippen molar-refractivity contribution in [3.63, 3.8) is 0 Å². The molecule has 0 fully saturated rings. The first kappa shape index (κ1) is 20.3. The summed E-state index contributed by atoms with van der Waals surface area (Å²) in [6, 6.07) is 13.2. The van der Waals surface area contributed by atoms with Gasteiger partial charge in [-0.1, -0.05) is 30.3 Å². The molecule has 0 saturated heterocycles. The highest BCUT2D eigenvalue weighted by atomic mass is 16.3. The average molecular weight is 392 g/mol. The molecular weight excluding hydrogens is 368 g/mol. The predicted octanol–water partition coefficient (Wildman–Crippen LogP) is 3.29. The van der Waals surface area contributed by atoms with Gasteiger partial charge in [0.2, 0.25) is 5.91 Å². The molecule has 1 N–H and O–H groups in total. The third kappa shape index (κ3) is 5.75. The molecule has 0 radical (unpaired) electrons. The van der Waals surface area contributed by atoms with Crippen molar-refractivity contribution in [3.8, 4) is 0 Å². The van der Waals surface area contributed by atoms with Gasteiger partial charge in [0.1, 0.15) is 11.5 Å². The number of nitrogens with zero attached hydrogens (tertiary/aromatic N) is 3. The molecule has 0 aliphatic carbocycles. The highest BCUT2D eigenvalue weighted by molar-refractivity contribution is 5.92. The van der Waals surface area contributed by atoms with E-state index in [1.54, 1.807) is 36.4 Å². The highest BCUT2D eigenvalue weighted by Gasteiger charge is 2.20. The minimum atomic E-state index is -0.294. The molecule has 0 aliphatic heterocycles. The second-order valence-corrected chi connectivity index (χ2v) is 6.80. The topological polar surface area (TPSA) is 88.3 Å². The second kappa shape index (κ2) is 9.64. The number of benzene rings is 1. The number of furan rings is 1. The van der Waals surface area contributed by atoms with Crippen molar-refractivity contribution >= 4 is 11.8 Å². The first-order chi connectivity index (χ1) is 14.0. The second-order valence-electron chi connectivity index (χ2n) is 6.80. The lowest BCUT2D eigenvalue weighted by Crippen LogP contribution is -2.36. The van der Waals surface area contributed by atoms with Gasteiger partial charge < -0.3 is 14.6 Å². The molecule has 29 heavy (non-hydrogen) atoms. The molecule has 1 aromatic carbocycles. The summed E-state index contributed by atoms with van der Waals surface area (Å²) >= 11 is 0. The number of nitrogens with one attached hydrogen (secondary N) is 1. The van der Waals surface area contributed by atoms with Gasteiger partial charge in [-0.3, -0.25) is 14.6 Å². The van der Waals surface area contributed by atoms with Gasteiger partial charge in [-0.25, -0.2) is 4.98 Å². The van der Waals surface area contributed by atoms with Crippen molar-refractivity contribution in [1.82, 2.24) is 20.2 Å². The first-order valence-electron chi connectivity index (χ1n) is 9.47. The fourth-order valence-corrected chi connectivity index (χ4v) is 2.88. The third-order valence-corrected chi connectivity index (χ3v) is 4.50. The van der Waals surface area contributed by atoms with E-state index in [0.29, 0.717) is 5.76 Å². The van der Waals surface area contributed by atoms with E-state index in [0.717, 1.165) is 11.3 Å². The molecule has 150 valence electrons. The summed E-state index contributed by atoms with van der Waals surface area (Å²) in [6.07, 6.45) is 4.72. The SMILES string of the molecule is Cc1cnc(C(=O)N(CCC(=O)N[C@@H](C)c2ccccc2)Cc2ccco2)cn1. The number of amides is 2. The zero-order chi connectivity index (χ0) is 20.6. The van der Waals surface area contributed by atoms with E-state index in [9.17, 15) is 9.59 Å². The Morgan fingerprint density at radius 3 is 2.55 bits per heavy atom. The summed E-state index contributed by atoms with van der Waals surface area (Å²) in [4.78, 5) is 35.2. The Hall–Kier alpha value is -3.48. The maximum absolute atomic E-state index is 12.9. The van der Waals surface area contributed by atoms with Crippen molar-refractivity contribution in [2.75, 3.05) is 6.54 Å². The van der Waals surface area contributed by atoms with Gasteiger partial charge in [0.05, 0.1) is 30.7 Å². The van der Waals surface area contributed by atoms with Gasteiger partial charge in [-0.05, 0) is 31.5 Å². The third-order valence-electron chi connectivity index (χ3n) is 4.50. The summed E-state index contributed by atoms with van der Waals surface area (Å²) in [5.74, 6) is 0.211. The molecule has 2 amide bonds. The maximum atomic E-state index is 12.9. The number of carbonyl (C=O) groups is 2. The molecule has 7 heteroatoms. The number of hydrogen-bond acceptors (Lipinski definition) is 5. The van der Waals surface area contributed by atoms with Crippen molar-refractivity contribution in [3.05, 3.63) is 83.8 Å². The van der Waals surface area contributed by atoms with Crippen LogP contribution in [0.2, 0.25) is 0 Å².